The molecule has 0 spiro atoms. The summed E-state index contributed by atoms with van der Waals surface area (Å²) >= 11 is 0. The SMILES string of the molecule is O=C(O)N[C@H]1CCCCC/C=C\[C@@H]2C[C@@]2(C(=O)NS(=O)(=O)C2CC2)NC(=O)[C@@H]2C[C@@H](Oc3nc4ccccc4nc3C(F)(F)F)CN2C1=O. The van der Waals surface area contributed by atoms with Crippen LogP contribution in [-0.2, 0) is 30.6 Å². The molecular weight excluding hydrogens is 673 g/mol. The van der Waals surface area contributed by atoms with Gasteiger partial charge in [0.25, 0.3) is 5.91 Å². The molecule has 4 aliphatic rings. The van der Waals surface area contributed by atoms with Gasteiger partial charge in [-0.2, -0.15) is 13.2 Å². The first kappa shape index (κ1) is 34.4. The summed E-state index contributed by atoms with van der Waals surface area (Å²) in [4.78, 5) is 61.8. The zero-order valence-corrected chi connectivity index (χ0v) is 26.9. The summed E-state index contributed by atoms with van der Waals surface area (Å²) in [6, 6.07) is 3.16. The summed E-state index contributed by atoms with van der Waals surface area (Å²) in [5, 5.41) is 13.6. The van der Waals surface area contributed by atoms with E-state index >= 15 is 0 Å². The number of carbonyl (C=O) groups excluding carboxylic acids is 3. The Morgan fingerprint density at radius 2 is 1.78 bits per heavy atom. The molecule has 5 atom stereocenters. The molecule has 2 aliphatic carbocycles. The maximum absolute atomic E-state index is 14.1. The Morgan fingerprint density at radius 1 is 1.06 bits per heavy atom. The highest BCUT2D eigenvalue weighted by Gasteiger charge is 2.62. The number of amides is 4. The third-order valence-electron chi connectivity index (χ3n) is 9.23. The molecule has 14 nitrogen and oxygen atoms in total. The first-order valence-corrected chi connectivity index (χ1v) is 17.6. The number of allylic oxidation sites excluding steroid dienone is 1. The second-order valence-electron chi connectivity index (χ2n) is 12.9. The molecule has 1 aromatic carbocycles. The topological polar surface area (TPSA) is 197 Å². The smallest absolute Gasteiger partial charge is 0.438 e. The predicted octanol–water partition coefficient (Wildman–Crippen LogP) is 2.64. The van der Waals surface area contributed by atoms with E-state index in [0.29, 0.717) is 38.5 Å². The third kappa shape index (κ3) is 7.43. The maximum Gasteiger partial charge on any atom is 0.438 e. The van der Waals surface area contributed by atoms with Crippen LogP contribution < -0.4 is 20.1 Å². The van der Waals surface area contributed by atoms with E-state index in [-0.39, 0.29) is 30.3 Å². The molecule has 0 radical (unpaired) electrons. The summed E-state index contributed by atoms with van der Waals surface area (Å²) in [5.41, 5.74) is -2.98. The van der Waals surface area contributed by atoms with Gasteiger partial charge in [0.15, 0.2) is 0 Å². The zero-order valence-electron chi connectivity index (χ0n) is 26.1. The molecule has 0 unspecified atom stereocenters. The Hall–Kier alpha value is -4.48. The van der Waals surface area contributed by atoms with Crippen molar-refractivity contribution in [2.45, 2.75) is 92.9 Å². The van der Waals surface area contributed by atoms with E-state index in [9.17, 15) is 45.9 Å². The molecule has 2 saturated carbocycles. The minimum atomic E-state index is -4.96. The first-order chi connectivity index (χ1) is 23.2. The van der Waals surface area contributed by atoms with Gasteiger partial charge in [0.05, 0.1) is 22.8 Å². The van der Waals surface area contributed by atoms with Gasteiger partial charge < -0.3 is 25.4 Å². The van der Waals surface area contributed by atoms with Crippen molar-refractivity contribution in [2.24, 2.45) is 5.92 Å². The van der Waals surface area contributed by atoms with Crippen LogP contribution in [0.15, 0.2) is 36.4 Å². The largest absolute Gasteiger partial charge is 0.471 e. The van der Waals surface area contributed by atoms with Crippen molar-refractivity contribution in [3.05, 3.63) is 42.1 Å². The van der Waals surface area contributed by atoms with E-state index in [2.05, 4.69) is 25.3 Å². The average molecular weight is 709 g/mol. The molecule has 3 heterocycles. The van der Waals surface area contributed by atoms with Crippen molar-refractivity contribution in [3.63, 3.8) is 0 Å². The van der Waals surface area contributed by atoms with Gasteiger partial charge in [0.1, 0.15) is 23.7 Å². The summed E-state index contributed by atoms with van der Waals surface area (Å²) < 4.78 is 75.4. The lowest BCUT2D eigenvalue weighted by Gasteiger charge is -2.29. The number of carbonyl (C=O) groups is 4. The van der Waals surface area contributed by atoms with E-state index in [1.807, 2.05) is 6.08 Å². The van der Waals surface area contributed by atoms with Crippen LogP contribution in [0.3, 0.4) is 0 Å². The second-order valence-corrected chi connectivity index (χ2v) is 14.8. The van der Waals surface area contributed by atoms with Crippen LogP contribution >= 0.6 is 0 Å². The highest BCUT2D eigenvalue weighted by molar-refractivity contribution is 7.91. The number of aromatic nitrogens is 2. The number of hydrogen-bond acceptors (Lipinski definition) is 9. The molecule has 264 valence electrons. The van der Waals surface area contributed by atoms with Crippen LogP contribution in [0.1, 0.15) is 63.5 Å². The molecule has 18 heteroatoms. The number of rotatable bonds is 6. The number of alkyl halides is 3. The predicted molar refractivity (Wildman–Crippen MR) is 165 cm³/mol. The number of halogens is 3. The molecule has 2 aromatic rings. The molecule has 6 rings (SSSR count). The number of nitrogens with one attached hydrogen (secondary N) is 3. The van der Waals surface area contributed by atoms with Crippen molar-refractivity contribution in [3.8, 4) is 5.88 Å². The van der Waals surface area contributed by atoms with Gasteiger partial charge in [-0.3, -0.25) is 19.1 Å². The highest BCUT2D eigenvalue weighted by atomic mass is 32.2. The summed E-state index contributed by atoms with van der Waals surface area (Å²) in [5.74, 6) is -4.02. The molecular formula is C31H35F3N6O8S. The number of para-hydroxylation sites is 2. The summed E-state index contributed by atoms with van der Waals surface area (Å²) in [6.45, 7) is -0.418. The molecule has 49 heavy (non-hydrogen) atoms. The van der Waals surface area contributed by atoms with Gasteiger partial charge >= 0.3 is 12.3 Å². The Morgan fingerprint density at radius 3 is 2.45 bits per heavy atom. The molecule has 3 fully saturated rings. The van der Waals surface area contributed by atoms with Crippen LogP contribution in [0.4, 0.5) is 18.0 Å². The summed E-state index contributed by atoms with van der Waals surface area (Å²) in [6.07, 6.45) is -1.15. The molecule has 1 saturated heterocycles. The molecule has 1 aromatic heterocycles. The fraction of sp³-hybridized carbons (Fsp3) is 0.548. The van der Waals surface area contributed by atoms with Gasteiger partial charge in [-0.15, -0.1) is 0 Å². The van der Waals surface area contributed by atoms with E-state index in [1.54, 1.807) is 12.1 Å². The second kappa shape index (κ2) is 13.1. The van der Waals surface area contributed by atoms with Crippen molar-refractivity contribution >= 4 is 44.9 Å². The number of hydrogen-bond donors (Lipinski definition) is 4. The van der Waals surface area contributed by atoms with Crippen LogP contribution in [0.25, 0.3) is 11.0 Å². The number of sulfonamides is 1. The van der Waals surface area contributed by atoms with Gasteiger partial charge in [-0.1, -0.05) is 37.1 Å². The van der Waals surface area contributed by atoms with Crippen LogP contribution in [0, 0.1) is 5.92 Å². The van der Waals surface area contributed by atoms with Crippen molar-refractivity contribution in [1.29, 1.82) is 0 Å². The standard InChI is InChI=1S/C31H35F3N6O8S/c32-31(33,34)24-26(36-21-10-7-6-9-20(21)35-24)48-18-14-23-25(41)38-30(28(43)39-49(46,47)19-12-13-19)15-17(30)8-4-2-1-3-5-11-22(37-29(44)45)27(42)40(23)16-18/h4,6-10,17-19,22-23,37H,1-3,5,11-16H2,(H,38,41)(H,39,43)(H,44,45)/b8-4-/t17-,18-,22+,23+,30-/m1/s1. The third-order valence-corrected chi connectivity index (χ3v) is 11.0. The fourth-order valence-electron chi connectivity index (χ4n) is 6.40. The van der Waals surface area contributed by atoms with E-state index in [4.69, 9.17) is 4.74 Å². The van der Waals surface area contributed by atoms with Gasteiger partial charge in [0, 0.05) is 12.3 Å². The monoisotopic (exact) mass is 708 g/mol. The molecule has 4 amide bonds. The van der Waals surface area contributed by atoms with E-state index in [1.165, 1.54) is 18.2 Å². The van der Waals surface area contributed by atoms with E-state index in [0.717, 1.165) is 4.90 Å². The minimum Gasteiger partial charge on any atom is -0.471 e. The Kier molecular flexibility index (Phi) is 9.19. The van der Waals surface area contributed by atoms with Crippen molar-refractivity contribution < 1.29 is 50.6 Å². The lowest BCUT2D eigenvalue weighted by molar-refractivity contribution is -0.143. The van der Waals surface area contributed by atoms with Crippen molar-refractivity contribution in [2.75, 3.05) is 6.54 Å². The van der Waals surface area contributed by atoms with Gasteiger partial charge in [-0.05, 0) is 50.7 Å². The van der Waals surface area contributed by atoms with Crippen LogP contribution in [0.2, 0.25) is 0 Å². The summed E-state index contributed by atoms with van der Waals surface area (Å²) in [7, 11) is -3.98. The lowest BCUT2D eigenvalue weighted by Crippen LogP contribution is -2.58. The zero-order chi connectivity index (χ0) is 35.1. The van der Waals surface area contributed by atoms with Gasteiger partial charge in [-0.25, -0.2) is 23.2 Å². The van der Waals surface area contributed by atoms with E-state index < -0.39 is 93.0 Å². The Labute approximate surface area is 278 Å². The number of fused-ring (bicyclic) bond motifs is 3. The molecule has 4 N–H and O–H groups in total. The van der Waals surface area contributed by atoms with Crippen LogP contribution in [0.5, 0.6) is 5.88 Å². The minimum absolute atomic E-state index is 0.0290. The fourth-order valence-corrected chi connectivity index (χ4v) is 7.77. The van der Waals surface area contributed by atoms with Gasteiger partial charge in [0.2, 0.25) is 33.4 Å². The molecule has 0 bridgehead atoms. The molecule has 2 aliphatic heterocycles. The number of ether oxygens (including phenoxy) is 1. The number of carboxylic acid groups (broad SMARTS) is 1. The maximum atomic E-state index is 14.1. The normalized spacial score (nSPS) is 28.7. The Balaban J connectivity index is 1.33. The number of benzene rings is 1. The Bertz CT molecular complexity index is 1800. The number of nitrogens with zero attached hydrogens (tertiary/aromatic N) is 3. The first-order valence-electron chi connectivity index (χ1n) is 16.0. The van der Waals surface area contributed by atoms with Crippen molar-refractivity contribution in [1.82, 2.24) is 30.2 Å². The highest BCUT2D eigenvalue weighted by Crippen LogP contribution is 2.46. The quantitative estimate of drug-likeness (QED) is 0.324. The average Bonchev–Trinajstić information content (AvgIpc) is 3.95. The van der Waals surface area contributed by atoms with Crippen LogP contribution in [-0.4, -0.2) is 87.7 Å². The lowest BCUT2D eigenvalue weighted by atomic mass is 10.1.